The molecule has 0 unspecified atom stereocenters. The van der Waals surface area contributed by atoms with Gasteiger partial charge in [-0.05, 0) is 73.4 Å². The monoisotopic (exact) mass is 356 g/mol. The van der Waals surface area contributed by atoms with Crippen LogP contribution in [0, 0.1) is 35.2 Å². The average Bonchev–Trinajstić information content (AvgIpc) is 2.62. The molecule has 0 spiro atoms. The van der Waals surface area contributed by atoms with Crippen molar-refractivity contribution in [1.29, 1.82) is 0 Å². The van der Waals surface area contributed by atoms with E-state index in [-0.39, 0.29) is 17.3 Å². The van der Waals surface area contributed by atoms with E-state index in [1.54, 1.807) is 0 Å². The first kappa shape index (κ1) is 18.6. The molecule has 1 aliphatic carbocycles. The van der Waals surface area contributed by atoms with Crippen LogP contribution >= 0.6 is 0 Å². The highest BCUT2D eigenvalue weighted by Gasteiger charge is 2.21. The molecular weight excluding hydrogens is 333 g/mol. The Bertz CT molecular complexity index is 781. The van der Waals surface area contributed by atoms with Gasteiger partial charge in [-0.3, -0.25) is 0 Å². The average molecular weight is 356 g/mol. The molecule has 3 heteroatoms. The highest BCUT2D eigenvalue weighted by Crippen LogP contribution is 2.35. The van der Waals surface area contributed by atoms with Crippen molar-refractivity contribution in [2.24, 2.45) is 5.92 Å². The fourth-order valence-electron chi connectivity index (χ4n) is 3.66. The van der Waals surface area contributed by atoms with E-state index in [4.69, 9.17) is 0 Å². The van der Waals surface area contributed by atoms with E-state index in [2.05, 4.69) is 11.8 Å². The van der Waals surface area contributed by atoms with Crippen molar-refractivity contribution in [3.8, 4) is 11.8 Å². The Morgan fingerprint density at radius 3 is 2.12 bits per heavy atom. The first-order valence-corrected chi connectivity index (χ1v) is 9.31. The zero-order valence-electron chi connectivity index (χ0n) is 15.0. The Morgan fingerprint density at radius 2 is 1.54 bits per heavy atom. The van der Waals surface area contributed by atoms with Crippen molar-refractivity contribution >= 4 is 0 Å². The summed E-state index contributed by atoms with van der Waals surface area (Å²) in [6.07, 6.45) is 5.23. The molecule has 136 valence electrons. The summed E-state index contributed by atoms with van der Waals surface area (Å²) in [5, 5.41) is 0. The Hall–Kier alpha value is -2.21. The molecule has 0 radical (unpaired) electrons. The van der Waals surface area contributed by atoms with Gasteiger partial charge in [-0.2, -0.15) is 0 Å². The van der Waals surface area contributed by atoms with Crippen LogP contribution in [0.2, 0.25) is 0 Å². The van der Waals surface area contributed by atoms with Crippen LogP contribution in [0.3, 0.4) is 0 Å². The highest BCUT2D eigenvalue weighted by atomic mass is 19.1. The summed E-state index contributed by atoms with van der Waals surface area (Å²) in [5.74, 6) is 5.00. The molecule has 3 rings (SSSR count). The van der Waals surface area contributed by atoms with E-state index >= 15 is 0 Å². The predicted octanol–water partition coefficient (Wildman–Crippen LogP) is 6.38. The summed E-state index contributed by atoms with van der Waals surface area (Å²) in [6, 6.07) is 9.46. The SMILES string of the molecule is CCCc1cc(F)c(C#CC2CCC(c3ccc(F)cc3)CC2)c(F)c1. The summed E-state index contributed by atoms with van der Waals surface area (Å²) >= 11 is 0. The standard InChI is InChI=1S/C23H23F3/c1-2-3-17-14-22(25)21(23(26)15-17)13-6-16-4-7-18(8-5-16)19-9-11-20(24)12-10-19/h9-12,14-16,18H,2-5,7-8H2,1H3. The van der Waals surface area contributed by atoms with Crippen molar-refractivity contribution in [2.75, 3.05) is 0 Å². The number of hydrogen-bond acceptors (Lipinski definition) is 0. The minimum absolute atomic E-state index is 0.120. The summed E-state index contributed by atoms with van der Waals surface area (Å²) in [4.78, 5) is 0. The van der Waals surface area contributed by atoms with Crippen LogP contribution in [0.25, 0.3) is 0 Å². The maximum Gasteiger partial charge on any atom is 0.142 e. The van der Waals surface area contributed by atoms with E-state index in [0.29, 0.717) is 17.9 Å². The van der Waals surface area contributed by atoms with E-state index < -0.39 is 11.6 Å². The maximum atomic E-state index is 14.1. The van der Waals surface area contributed by atoms with Crippen molar-refractivity contribution in [2.45, 2.75) is 51.4 Å². The largest absolute Gasteiger partial charge is 0.207 e. The van der Waals surface area contributed by atoms with Crippen LogP contribution in [-0.4, -0.2) is 0 Å². The van der Waals surface area contributed by atoms with Gasteiger partial charge in [0.25, 0.3) is 0 Å². The molecule has 0 aromatic heterocycles. The first-order valence-electron chi connectivity index (χ1n) is 9.31. The van der Waals surface area contributed by atoms with E-state index in [1.807, 2.05) is 19.1 Å². The third-order valence-corrected chi connectivity index (χ3v) is 5.11. The topological polar surface area (TPSA) is 0 Å². The highest BCUT2D eigenvalue weighted by molar-refractivity contribution is 5.39. The van der Waals surface area contributed by atoms with Crippen molar-refractivity contribution < 1.29 is 13.2 Å². The molecule has 0 nitrogen and oxygen atoms in total. The predicted molar refractivity (Wildman–Crippen MR) is 98.3 cm³/mol. The Morgan fingerprint density at radius 1 is 0.923 bits per heavy atom. The Labute approximate surface area is 153 Å². The van der Waals surface area contributed by atoms with Gasteiger partial charge in [0.05, 0.1) is 5.56 Å². The minimum Gasteiger partial charge on any atom is -0.207 e. The lowest BCUT2D eigenvalue weighted by Crippen LogP contribution is -2.12. The summed E-state index contributed by atoms with van der Waals surface area (Å²) in [5.41, 5.74) is 1.71. The van der Waals surface area contributed by atoms with Crippen molar-refractivity contribution in [1.82, 2.24) is 0 Å². The molecular formula is C23H23F3. The van der Waals surface area contributed by atoms with Crippen LogP contribution in [0.5, 0.6) is 0 Å². The molecule has 1 saturated carbocycles. The lowest BCUT2D eigenvalue weighted by atomic mass is 9.79. The van der Waals surface area contributed by atoms with Crippen LogP contribution in [0.1, 0.15) is 61.6 Å². The van der Waals surface area contributed by atoms with Crippen LogP contribution in [0.15, 0.2) is 36.4 Å². The summed E-state index contributed by atoms with van der Waals surface area (Å²) in [7, 11) is 0. The third-order valence-electron chi connectivity index (χ3n) is 5.11. The fraction of sp³-hybridized carbons (Fsp3) is 0.391. The molecule has 0 aliphatic heterocycles. The second-order valence-corrected chi connectivity index (χ2v) is 7.05. The van der Waals surface area contributed by atoms with Crippen LogP contribution < -0.4 is 0 Å². The number of halogens is 3. The molecule has 0 amide bonds. The molecule has 0 saturated heterocycles. The second kappa shape index (κ2) is 8.45. The molecule has 0 bridgehead atoms. The van der Waals surface area contributed by atoms with Gasteiger partial charge in [0, 0.05) is 5.92 Å². The number of hydrogen-bond donors (Lipinski definition) is 0. The Balaban J connectivity index is 1.64. The van der Waals surface area contributed by atoms with Crippen molar-refractivity contribution in [3.63, 3.8) is 0 Å². The van der Waals surface area contributed by atoms with E-state index in [0.717, 1.165) is 37.7 Å². The maximum absolute atomic E-state index is 14.1. The molecule has 1 fully saturated rings. The van der Waals surface area contributed by atoms with E-state index in [1.165, 1.54) is 24.3 Å². The molecule has 26 heavy (non-hydrogen) atoms. The molecule has 1 aliphatic rings. The van der Waals surface area contributed by atoms with Gasteiger partial charge < -0.3 is 0 Å². The quantitative estimate of drug-likeness (QED) is 0.560. The zero-order chi connectivity index (χ0) is 18.5. The van der Waals surface area contributed by atoms with E-state index in [9.17, 15) is 13.2 Å². The summed E-state index contributed by atoms with van der Waals surface area (Å²) < 4.78 is 41.3. The van der Waals surface area contributed by atoms with Gasteiger partial charge in [-0.15, -0.1) is 0 Å². The van der Waals surface area contributed by atoms with Gasteiger partial charge in [-0.1, -0.05) is 37.3 Å². The third kappa shape index (κ3) is 4.49. The smallest absolute Gasteiger partial charge is 0.142 e. The molecule has 0 N–H and O–H groups in total. The minimum atomic E-state index is -0.569. The second-order valence-electron chi connectivity index (χ2n) is 7.05. The molecule has 2 aromatic rings. The fourth-order valence-corrected chi connectivity index (χ4v) is 3.66. The number of rotatable bonds is 3. The number of aryl methyl sites for hydroxylation is 1. The number of benzene rings is 2. The molecule has 2 aromatic carbocycles. The van der Waals surface area contributed by atoms with Gasteiger partial charge in [0.15, 0.2) is 0 Å². The normalized spacial score (nSPS) is 19.7. The lowest BCUT2D eigenvalue weighted by molar-refractivity contribution is 0.384. The summed E-state index contributed by atoms with van der Waals surface area (Å²) in [6.45, 7) is 1.98. The Kier molecular flexibility index (Phi) is 6.04. The molecule has 0 atom stereocenters. The lowest BCUT2D eigenvalue weighted by Gasteiger charge is -2.26. The first-order chi connectivity index (χ1) is 12.6. The van der Waals surface area contributed by atoms with Crippen LogP contribution in [-0.2, 0) is 6.42 Å². The van der Waals surface area contributed by atoms with Gasteiger partial charge in [0.1, 0.15) is 17.5 Å². The molecule has 0 heterocycles. The van der Waals surface area contributed by atoms with Gasteiger partial charge in [-0.25, -0.2) is 13.2 Å². The van der Waals surface area contributed by atoms with Crippen molar-refractivity contribution in [3.05, 3.63) is 70.5 Å². The zero-order valence-corrected chi connectivity index (χ0v) is 15.0. The van der Waals surface area contributed by atoms with Gasteiger partial charge in [0.2, 0.25) is 0 Å². The van der Waals surface area contributed by atoms with Gasteiger partial charge >= 0.3 is 0 Å². The van der Waals surface area contributed by atoms with Crippen LogP contribution in [0.4, 0.5) is 13.2 Å².